The van der Waals surface area contributed by atoms with Gasteiger partial charge < -0.3 is 10.1 Å². The number of nitrogens with one attached hydrogen (secondary N) is 1. The lowest BCUT2D eigenvalue weighted by atomic mass is 9.89. The molecule has 1 aromatic carbocycles. The van der Waals surface area contributed by atoms with Crippen LogP contribution in [0.25, 0.3) is 6.08 Å². The van der Waals surface area contributed by atoms with Crippen LogP contribution in [0.15, 0.2) is 34.8 Å². The average Bonchev–Trinajstić information content (AvgIpc) is 2.59. The number of benzene rings is 1. The third kappa shape index (κ3) is 6.48. The number of halogens is 1. The Labute approximate surface area is 151 Å². The van der Waals surface area contributed by atoms with Gasteiger partial charge in [0.25, 0.3) is 5.91 Å². The molecule has 0 bridgehead atoms. The van der Waals surface area contributed by atoms with E-state index in [-0.39, 0.29) is 5.91 Å². The van der Waals surface area contributed by atoms with Crippen molar-refractivity contribution in [3.8, 4) is 0 Å². The zero-order valence-electron chi connectivity index (χ0n) is 14.0. The van der Waals surface area contributed by atoms with Crippen LogP contribution in [0.2, 0.25) is 0 Å². The van der Waals surface area contributed by atoms with Crippen LogP contribution >= 0.6 is 15.9 Å². The number of esters is 1. The molecule has 24 heavy (non-hydrogen) atoms. The number of rotatable bonds is 6. The standard InChI is InChI=1S/C19H24BrNO3/c1-14(19(23)21-13-16-6-3-2-4-7-16)24-18(22)11-10-15-8-5-9-17(20)12-15/h5,8-12,14,16H,2-4,6-7,13H2,1H3,(H,21,23)/b11-10+/t14-/m1/s1. The second kappa shape index (κ2) is 9.62. The number of hydrogen-bond donors (Lipinski definition) is 1. The molecule has 0 aromatic heterocycles. The van der Waals surface area contributed by atoms with Crippen LogP contribution in [0.5, 0.6) is 0 Å². The predicted molar refractivity (Wildman–Crippen MR) is 98.3 cm³/mol. The smallest absolute Gasteiger partial charge is 0.331 e. The van der Waals surface area contributed by atoms with E-state index in [4.69, 9.17) is 4.74 Å². The first kappa shape index (κ1) is 18.7. The molecule has 1 aliphatic rings. The predicted octanol–water partition coefficient (Wildman–Crippen LogP) is 4.09. The molecule has 1 saturated carbocycles. The van der Waals surface area contributed by atoms with Gasteiger partial charge in [0.1, 0.15) is 0 Å². The lowest BCUT2D eigenvalue weighted by Gasteiger charge is -2.22. The first-order chi connectivity index (χ1) is 11.5. The van der Waals surface area contributed by atoms with Crippen molar-refractivity contribution < 1.29 is 14.3 Å². The number of hydrogen-bond acceptors (Lipinski definition) is 3. The van der Waals surface area contributed by atoms with Gasteiger partial charge in [-0.05, 0) is 49.5 Å². The fraction of sp³-hybridized carbons (Fsp3) is 0.474. The third-order valence-electron chi connectivity index (χ3n) is 4.21. The van der Waals surface area contributed by atoms with E-state index >= 15 is 0 Å². The van der Waals surface area contributed by atoms with Gasteiger partial charge in [-0.1, -0.05) is 47.3 Å². The van der Waals surface area contributed by atoms with Gasteiger partial charge in [0.2, 0.25) is 0 Å². The molecule has 0 spiro atoms. The summed E-state index contributed by atoms with van der Waals surface area (Å²) in [6.07, 6.45) is 8.34. The van der Waals surface area contributed by atoms with Crippen molar-refractivity contribution in [1.82, 2.24) is 5.32 Å². The van der Waals surface area contributed by atoms with Gasteiger partial charge in [-0.25, -0.2) is 4.79 Å². The topological polar surface area (TPSA) is 55.4 Å². The summed E-state index contributed by atoms with van der Waals surface area (Å²) in [6.45, 7) is 2.27. The van der Waals surface area contributed by atoms with E-state index in [9.17, 15) is 9.59 Å². The zero-order valence-corrected chi connectivity index (χ0v) is 15.6. The largest absolute Gasteiger partial charge is 0.449 e. The summed E-state index contributed by atoms with van der Waals surface area (Å²) in [5.74, 6) is -0.193. The van der Waals surface area contributed by atoms with Gasteiger partial charge in [0.15, 0.2) is 6.10 Å². The molecule has 1 amide bonds. The Bertz CT molecular complexity index is 594. The zero-order chi connectivity index (χ0) is 17.4. The first-order valence-electron chi connectivity index (χ1n) is 8.46. The van der Waals surface area contributed by atoms with Crippen LogP contribution in [0.1, 0.15) is 44.6 Å². The Balaban J connectivity index is 1.74. The highest BCUT2D eigenvalue weighted by Crippen LogP contribution is 2.22. The Kier molecular flexibility index (Phi) is 7.50. The minimum atomic E-state index is -0.784. The molecular weight excluding hydrogens is 370 g/mol. The van der Waals surface area contributed by atoms with E-state index < -0.39 is 12.1 Å². The SMILES string of the molecule is C[C@@H](OC(=O)/C=C/c1cccc(Br)c1)C(=O)NCC1CCCCC1. The van der Waals surface area contributed by atoms with E-state index in [2.05, 4.69) is 21.2 Å². The minimum absolute atomic E-state index is 0.232. The lowest BCUT2D eigenvalue weighted by Crippen LogP contribution is -2.38. The maximum Gasteiger partial charge on any atom is 0.331 e. The summed E-state index contributed by atoms with van der Waals surface area (Å²) in [5.41, 5.74) is 0.885. The summed E-state index contributed by atoms with van der Waals surface area (Å²) >= 11 is 3.38. The van der Waals surface area contributed by atoms with Gasteiger partial charge in [-0.2, -0.15) is 0 Å². The molecule has 0 heterocycles. The molecule has 2 rings (SSSR count). The molecule has 5 heteroatoms. The van der Waals surface area contributed by atoms with Crippen molar-refractivity contribution in [2.75, 3.05) is 6.54 Å². The summed E-state index contributed by atoms with van der Waals surface area (Å²) in [5, 5.41) is 2.89. The molecule has 0 unspecified atom stereocenters. The van der Waals surface area contributed by atoms with Crippen molar-refractivity contribution >= 4 is 33.9 Å². The minimum Gasteiger partial charge on any atom is -0.449 e. The lowest BCUT2D eigenvalue weighted by molar-refractivity contribution is -0.150. The van der Waals surface area contributed by atoms with E-state index in [1.165, 1.54) is 38.2 Å². The summed E-state index contributed by atoms with van der Waals surface area (Å²) in [4.78, 5) is 23.8. The molecule has 0 aliphatic heterocycles. The van der Waals surface area contributed by atoms with Gasteiger partial charge in [-0.15, -0.1) is 0 Å². The highest BCUT2D eigenvalue weighted by Gasteiger charge is 2.19. The quantitative estimate of drug-likeness (QED) is 0.584. The number of carbonyl (C=O) groups excluding carboxylic acids is 2. The van der Waals surface area contributed by atoms with Crippen molar-refractivity contribution in [1.29, 1.82) is 0 Å². The van der Waals surface area contributed by atoms with Crippen molar-refractivity contribution in [2.24, 2.45) is 5.92 Å². The Morgan fingerprint density at radius 1 is 1.33 bits per heavy atom. The first-order valence-corrected chi connectivity index (χ1v) is 9.26. The van der Waals surface area contributed by atoms with E-state index in [1.807, 2.05) is 24.3 Å². The fourth-order valence-electron chi connectivity index (χ4n) is 2.82. The van der Waals surface area contributed by atoms with Crippen molar-refractivity contribution in [3.05, 3.63) is 40.4 Å². The van der Waals surface area contributed by atoms with Gasteiger partial charge in [-0.3, -0.25) is 4.79 Å². The molecule has 1 aliphatic carbocycles. The van der Waals surface area contributed by atoms with E-state index in [1.54, 1.807) is 13.0 Å². The molecule has 1 atom stereocenters. The Morgan fingerprint density at radius 3 is 2.79 bits per heavy atom. The molecule has 4 nitrogen and oxygen atoms in total. The fourth-order valence-corrected chi connectivity index (χ4v) is 3.24. The van der Waals surface area contributed by atoms with Crippen LogP contribution < -0.4 is 5.32 Å². The van der Waals surface area contributed by atoms with Crippen LogP contribution in [0.4, 0.5) is 0 Å². The highest BCUT2D eigenvalue weighted by molar-refractivity contribution is 9.10. The van der Waals surface area contributed by atoms with Crippen molar-refractivity contribution in [2.45, 2.75) is 45.1 Å². The number of ether oxygens (including phenoxy) is 1. The normalized spacial score (nSPS) is 16.8. The monoisotopic (exact) mass is 393 g/mol. The van der Waals surface area contributed by atoms with E-state index in [0.717, 1.165) is 10.0 Å². The maximum atomic E-state index is 12.0. The second-order valence-electron chi connectivity index (χ2n) is 6.22. The molecule has 1 N–H and O–H groups in total. The van der Waals surface area contributed by atoms with Gasteiger partial charge in [0, 0.05) is 17.1 Å². The van der Waals surface area contributed by atoms with Crippen LogP contribution in [0.3, 0.4) is 0 Å². The highest BCUT2D eigenvalue weighted by atomic mass is 79.9. The second-order valence-corrected chi connectivity index (χ2v) is 7.13. The number of carbonyl (C=O) groups is 2. The molecule has 1 fully saturated rings. The Hall–Kier alpha value is -1.62. The molecule has 0 saturated heterocycles. The van der Waals surface area contributed by atoms with E-state index in [0.29, 0.717) is 12.5 Å². The summed E-state index contributed by atoms with van der Waals surface area (Å²) in [7, 11) is 0. The summed E-state index contributed by atoms with van der Waals surface area (Å²) < 4.78 is 6.09. The maximum absolute atomic E-state index is 12.0. The number of amides is 1. The molecule has 1 aromatic rings. The van der Waals surface area contributed by atoms with Crippen LogP contribution in [-0.4, -0.2) is 24.5 Å². The van der Waals surface area contributed by atoms with Gasteiger partial charge >= 0.3 is 5.97 Å². The molecule has 130 valence electrons. The van der Waals surface area contributed by atoms with Crippen LogP contribution in [-0.2, 0) is 14.3 Å². The summed E-state index contributed by atoms with van der Waals surface area (Å²) in [6, 6.07) is 7.57. The van der Waals surface area contributed by atoms with Crippen molar-refractivity contribution in [3.63, 3.8) is 0 Å². The third-order valence-corrected chi connectivity index (χ3v) is 4.71. The molecule has 0 radical (unpaired) electrons. The van der Waals surface area contributed by atoms with Gasteiger partial charge in [0.05, 0.1) is 0 Å². The average molecular weight is 394 g/mol. The molecular formula is C19H24BrNO3. The van der Waals surface area contributed by atoms with Crippen LogP contribution in [0, 0.1) is 5.92 Å². The Morgan fingerprint density at radius 2 is 2.08 bits per heavy atom.